The molecule has 0 aliphatic rings. The van der Waals surface area contributed by atoms with Crippen molar-refractivity contribution in [3.8, 4) is 0 Å². The number of aromatic nitrogens is 1. The maximum Gasteiger partial charge on any atom is 0.434 e. The van der Waals surface area contributed by atoms with Gasteiger partial charge < -0.3 is 9.47 Å². The van der Waals surface area contributed by atoms with Crippen LogP contribution in [0.15, 0.2) is 4.90 Å². The van der Waals surface area contributed by atoms with Gasteiger partial charge in [0.1, 0.15) is 5.69 Å². The van der Waals surface area contributed by atoms with Gasteiger partial charge in [-0.1, -0.05) is 13.8 Å². The molecule has 0 atom stereocenters. The highest BCUT2D eigenvalue weighted by Crippen LogP contribution is 2.42. The van der Waals surface area contributed by atoms with Crippen molar-refractivity contribution in [2.75, 3.05) is 14.2 Å². The van der Waals surface area contributed by atoms with E-state index in [-0.39, 0.29) is 29.7 Å². The highest BCUT2D eigenvalue weighted by Gasteiger charge is 2.41. The van der Waals surface area contributed by atoms with Crippen molar-refractivity contribution in [2.24, 2.45) is 5.92 Å². The number of halogens is 5. The lowest BCUT2D eigenvalue weighted by Crippen LogP contribution is -2.21. The van der Waals surface area contributed by atoms with Gasteiger partial charge in [-0.25, -0.2) is 23.4 Å². The van der Waals surface area contributed by atoms with Crippen molar-refractivity contribution >= 4 is 23.0 Å². The molecule has 1 rings (SSSR count). The zero-order valence-electron chi connectivity index (χ0n) is 14.2. The minimum absolute atomic E-state index is 0.0319. The molecule has 1 aromatic rings. The van der Waals surface area contributed by atoms with Crippen LogP contribution >= 0.6 is 11.8 Å². The third kappa shape index (κ3) is 5.05. The maximum atomic E-state index is 13.4. The molecule has 0 N–H and O–H groups in total. The molecule has 0 aliphatic carbocycles. The summed E-state index contributed by atoms with van der Waals surface area (Å²) in [6.45, 7) is 3.23. The molecule has 0 bridgehead atoms. The highest BCUT2D eigenvalue weighted by atomic mass is 32.2. The molecule has 0 unspecified atom stereocenters. The number of pyridine rings is 1. The van der Waals surface area contributed by atoms with Gasteiger partial charge in [0.05, 0.1) is 24.7 Å². The van der Waals surface area contributed by atoms with Crippen LogP contribution in [0.2, 0.25) is 0 Å². The molecule has 5 nitrogen and oxygen atoms in total. The quantitative estimate of drug-likeness (QED) is 0.398. The third-order valence-corrected chi connectivity index (χ3v) is 4.09. The van der Waals surface area contributed by atoms with Crippen LogP contribution in [0.25, 0.3) is 0 Å². The van der Waals surface area contributed by atoms with E-state index in [4.69, 9.17) is 0 Å². The lowest BCUT2D eigenvalue weighted by Gasteiger charge is -2.21. The Morgan fingerprint density at radius 2 is 1.73 bits per heavy atom. The fourth-order valence-electron chi connectivity index (χ4n) is 2.16. The van der Waals surface area contributed by atoms with Gasteiger partial charge in [-0.05, 0) is 29.7 Å². The molecule has 0 spiro atoms. The van der Waals surface area contributed by atoms with Crippen LogP contribution in [-0.4, -0.2) is 30.5 Å². The standard InChI is InChI=1S/C15H16F5NO4S/c1-6(2)5-7-8(13(22)24-3)9(12(16)17)21-11(15(18,19)20)10(7)26-14(23)25-4/h6,12H,5H2,1-4H3. The van der Waals surface area contributed by atoms with Gasteiger partial charge in [0.15, 0.2) is 5.69 Å². The molecule has 1 aromatic heterocycles. The van der Waals surface area contributed by atoms with Crippen molar-refractivity contribution in [3.63, 3.8) is 0 Å². The minimum Gasteiger partial charge on any atom is -0.465 e. The fraction of sp³-hybridized carbons (Fsp3) is 0.533. The van der Waals surface area contributed by atoms with Gasteiger partial charge in [-0.2, -0.15) is 13.2 Å². The fourth-order valence-corrected chi connectivity index (χ4v) is 2.97. The van der Waals surface area contributed by atoms with Gasteiger partial charge in [-0.3, -0.25) is 0 Å². The molecule has 0 aromatic carbocycles. The Bertz CT molecular complexity index is 692. The molecule has 0 fully saturated rings. The van der Waals surface area contributed by atoms with Gasteiger partial charge in [0, 0.05) is 0 Å². The second-order valence-corrected chi connectivity index (χ2v) is 6.42. The predicted octanol–water partition coefficient (Wildman–Crippen LogP) is 4.88. The van der Waals surface area contributed by atoms with E-state index in [9.17, 15) is 31.5 Å². The number of carbonyl (C=O) groups excluding carboxylic acids is 2. The van der Waals surface area contributed by atoms with E-state index >= 15 is 0 Å². The lowest BCUT2D eigenvalue weighted by atomic mass is 9.96. The molecule has 11 heteroatoms. The molecule has 1 heterocycles. The minimum atomic E-state index is -5.12. The molecule has 146 valence electrons. The Hall–Kier alpha value is -1.91. The molecule has 26 heavy (non-hydrogen) atoms. The SMILES string of the molecule is COC(=O)Sc1c(C(F)(F)F)nc(C(F)F)c(C(=O)OC)c1CC(C)C. The number of esters is 1. The summed E-state index contributed by atoms with van der Waals surface area (Å²) in [6, 6.07) is 0. The van der Waals surface area contributed by atoms with E-state index in [1.165, 1.54) is 0 Å². The molecule has 0 aliphatic heterocycles. The highest BCUT2D eigenvalue weighted by molar-refractivity contribution is 8.13. The summed E-state index contributed by atoms with van der Waals surface area (Å²) < 4.78 is 75.6. The normalized spacial score (nSPS) is 11.8. The van der Waals surface area contributed by atoms with Crippen LogP contribution in [0, 0.1) is 5.92 Å². The van der Waals surface area contributed by atoms with E-state index in [2.05, 4.69) is 14.5 Å². The number of thioether (sulfide) groups is 1. The molecule has 0 radical (unpaired) electrons. The first-order valence-corrected chi connectivity index (χ1v) is 8.01. The van der Waals surface area contributed by atoms with Crippen LogP contribution in [0.5, 0.6) is 0 Å². The number of hydrogen-bond acceptors (Lipinski definition) is 6. The van der Waals surface area contributed by atoms with Gasteiger partial charge in [0.25, 0.3) is 6.43 Å². The Morgan fingerprint density at radius 1 is 1.15 bits per heavy atom. The monoisotopic (exact) mass is 401 g/mol. The summed E-state index contributed by atoms with van der Waals surface area (Å²) in [6.07, 6.45) is -8.76. The summed E-state index contributed by atoms with van der Waals surface area (Å²) in [5, 5.41) is -1.11. The zero-order valence-corrected chi connectivity index (χ0v) is 15.1. The Kier molecular flexibility index (Phi) is 7.36. The number of alkyl halides is 5. The Balaban J connectivity index is 3.96. The van der Waals surface area contributed by atoms with Crippen molar-refractivity contribution < 1.29 is 41.0 Å². The number of rotatable bonds is 5. The Morgan fingerprint density at radius 3 is 2.12 bits per heavy atom. The van der Waals surface area contributed by atoms with Crippen LogP contribution in [0.1, 0.15) is 47.6 Å². The lowest BCUT2D eigenvalue weighted by molar-refractivity contribution is -0.143. The van der Waals surface area contributed by atoms with Gasteiger partial charge in [-0.15, -0.1) is 0 Å². The van der Waals surface area contributed by atoms with Crippen molar-refractivity contribution in [3.05, 3.63) is 22.5 Å². The van der Waals surface area contributed by atoms with Crippen LogP contribution < -0.4 is 0 Å². The molecule has 0 saturated carbocycles. The Labute approximate surface area is 150 Å². The smallest absolute Gasteiger partial charge is 0.434 e. The van der Waals surface area contributed by atoms with E-state index in [1.807, 2.05) is 0 Å². The first-order chi connectivity index (χ1) is 11.9. The number of methoxy groups -OCH3 is 2. The van der Waals surface area contributed by atoms with E-state index < -0.39 is 45.7 Å². The first kappa shape index (κ1) is 22.1. The second-order valence-electron chi connectivity index (χ2n) is 5.47. The largest absolute Gasteiger partial charge is 0.465 e. The average molecular weight is 401 g/mol. The molecule has 0 amide bonds. The van der Waals surface area contributed by atoms with Crippen molar-refractivity contribution in [2.45, 2.75) is 37.8 Å². The summed E-state index contributed by atoms with van der Waals surface area (Å²) in [5.41, 5.74) is -4.16. The van der Waals surface area contributed by atoms with E-state index in [1.54, 1.807) is 13.8 Å². The van der Waals surface area contributed by atoms with Crippen LogP contribution in [0.4, 0.5) is 26.7 Å². The molecular weight excluding hydrogens is 385 g/mol. The maximum absolute atomic E-state index is 13.4. The topological polar surface area (TPSA) is 65.5 Å². The third-order valence-electron chi connectivity index (χ3n) is 3.11. The van der Waals surface area contributed by atoms with Gasteiger partial charge in [0.2, 0.25) is 0 Å². The van der Waals surface area contributed by atoms with Crippen LogP contribution in [0.3, 0.4) is 0 Å². The summed E-state index contributed by atoms with van der Waals surface area (Å²) in [4.78, 5) is 25.8. The number of ether oxygens (including phenoxy) is 2. The second kappa shape index (κ2) is 8.65. The average Bonchev–Trinajstić information content (AvgIpc) is 2.52. The van der Waals surface area contributed by atoms with Crippen molar-refractivity contribution in [1.29, 1.82) is 0 Å². The van der Waals surface area contributed by atoms with Crippen molar-refractivity contribution in [1.82, 2.24) is 4.98 Å². The van der Waals surface area contributed by atoms with Gasteiger partial charge >= 0.3 is 17.4 Å². The summed E-state index contributed by atoms with van der Waals surface area (Å²) in [5.74, 6) is -1.58. The number of nitrogens with zero attached hydrogens (tertiary/aromatic N) is 1. The van der Waals surface area contributed by atoms with E-state index in [0.717, 1.165) is 14.2 Å². The zero-order chi connectivity index (χ0) is 20.2. The van der Waals surface area contributed by atoms with E-state index in [0.29, 0.717) is 0 Å². The number of carbonyl (C=O) groups is 2. The number of hydrogen-bond donors (Lipinski definition) is 0. The predicted molar refractivity (Wildman–Crippen MR) is 82.3 cm³/mol. The van der Waals surface area contributed by atoms with Crippen LogP contribution in [-0.2, 0) is 22.1 Å². The molecular formula is C15H16F5NO4S. The molecule has 0 saturated heterocycles. The summed E-state index contributed by atoms with van der Waals surface area (Å²) >= 11 is 0.0319. The summed E-state index contributed by atoms with van der Waals surface area (Å²) in [7, 11) is 1.86. The first-order valence-electron chi connectivity index (χ1n) is 7.20.